The second kappa shape index (κ2) is 10.8. The first-order valence-electron chi connectivity index (χ1n) is 10.1. The van der Waals surface area contributed by atoms with Gasteiger partial charge in [0.15, 0.2) is 5.96 Å². The number of benzene rings is 1. The number of hydrogen-bond donors (Lipinski definition) is 2. The van der Waals surface area contributed by atoms with Gasteiger partial charge in [-0.05, 0) is 38.9 Å². The largest absolute Gasteiger partial charge is 0.444 e. The van der Waals surface area contributed by atoms with E-state index in [1.807, 2.05) is 12.1 Å². The third kappa shape index (κ3) is 6.35. The molecule has 0 saturated carbocycles. The molecule has 2 aromatic rings. The zero-order valence-corrected chi connectivity index (χ0v) is 16.9. The average molecular weight is 386 g/mol. The fourth-order valence-electron chi connectivity index (χ4n) is 3.04. The first kappa shape index (κ1) is 20.4. The maximum absolute atomic E-state index is 5.61. The molecule has 2 N–H and O–H groups in total. The molecule has 7 nitrogen and oxygen atoms in total. The van der Waals surface area contributed by atoms with Crippen molar-refractivity contribution in [2.75, 3.05) is 45.9 Å². The summed E-state index contributed by atoms with van der Waals surface area (Å²) < 4.78 is 11.0. The van der Waals surface area contributed by atoms with Crippen LogP contribution in [-0.4, -0.2) is 61.8 Å². The van der Waals surface area contributed by atoms with Crippen LogP contribution in [0.15, 0.2) is 39.9 Å². The van der Waals surface area contributed by atoms with Crippen LogP contribution < -0.4 is 10.6 Å². The van der Waals surface area contributed by atoms with E-state index in [4.69, 9.17) is 9.15 Å². The van der Waals surface area contributed by atoms with Gasteiger partial charge in [0.1, 0.15) is 12.0 Å². The lowest BCUT2D eigenvalue weighted by atomic mass is 10.1. The number of oxazole rings is 1. The number of hydrogen-bond acceptors (Lipinski definition) is 5. The van der Waals surface area contributed by atoms with Crippen LogP contribution in [0.1, 0.15) is 24.6 Å². The number of nitrogens with zero attached hydrogens (tertiary/aromatic N) is 3. The normalized spacial score (nSPS) is 15.6. The number of morpholine rings is 1. The second-order valence-electron chi connectivity index (χ2n) is 6.94. The third-order valence-corrected chi connectivity index (χ3v) is 4.64. The molecule has 0 unspecified atom stereocenters. The SMILES string of the molecule is CCNC(=NCc1coc(-c2ccc(C)cc2)n1)NCCCN1CCOCC1. The Morgan fingerprint density at radius 1 is 1.18 bits per heavy atom. The van der Waals surface area contributed by atoms with Crippen molar-refractivity contribution in [3.63, 3.8) is 0 Å². The summed E-state index contributed by atoms with van der Waals surface area (Å²) in [5.74, 6) is 1.44. The fraction of sp³-hybridized carbons (Fsp3) is 0.524. The molecule has 1 aliphatic heterocycles. The van der Waals surface area contributed by atoms with Gasteiger partial charge in [-0.3, -0.25) is 4.90 Å². The third-order valence-electron chi connectivity index (χ3n) is 4.64. The van der Waals surface area contributed by atoms with Crippen molar-refractivity contribution in [2.45, 2.75) is 26.8 Å². The Morgan fingerprint density at radius 2 is 1.96 bits per heavy atom. The Morgan fingerprint density at radius 3 is 2.71 bits per heavy atom. The molecule has 1 aromatic carbocycles. The number of aryl methyl sites for hydroxylation is 1. The molecule has 0 amide bonds. The number of guanidine groups is 1. The molecule has 0 aliphatic carbocycles. The van der Waals surface area contributed by atoms with Gasteiger partial charge >= 0.3 is 0 Å². The Bertz CT molecular complexity index is 736. The molecule has 0 atom stereocenters. The highest BCUT2D eigenvalue weighted by Gasteiger charge is 2.10. The van der Waals surface area contributed by atoms with Crippen LogP contribution in [-0.2, 0) is 11.3 Å². The van der Waals surface area contributed by atoms with Gasteiger partial charge in [0.05, 0.1) is 19.8 Å². The highest BCUT2D eigenvalue weighted by molar-refractivity contribution is 5.79. The molecule has 3 rings (SSSR count). The van der Waals surface area contributed by atoms with Crippen LogP contribution >= 0.6 is 0 Å². The van der Waals surface area contributed by atoms with Crippen molar-refractivity contribution in [3.8, 4) is 11.5 Å². The minimum atomic E-state index is 0.480. The van der Waals surface area contributed by atoms with E-state index < -0.39 is 0 Å². The Hall–Kier alpha value is -2.38. The highest BCUT2D eigenvalue weighted by atomic mass is 16.5. The number of rotatable bonds is 8. The molecule has 28 heavy (non-hydrogen) atoms. The molecular weight excluding hydrogens is 354 g/mol. The summed E-state index contributed by atoms with van der Waals surface area (Å²) >= 11 is 0. The van der Waals surface area contributed by atoms with Gasteiger partial charge in [-0.25, -0.2) is 9.98 Å². The minimum Gasteiger partial charge on any atom is -0.444 e. The molecule has 152 valence electrons. The van der Waals surface area contributed by atoms with Crippen LogP contribution in [0.4, 0.5) is 0 Å². The lowest BCUT2D eigenvalue weighted by molar-refractivity contribution is 0.0376. The maximum atomic E-state index is 5.61. The van der Waals surface area contributed by atoms with Crippen molar-refractivity contribution >= 4 is 5.96 Å². The number of nitrogens with one attached hydrogen (secondary N) is 2. The van der Waals surface area contributed by atoms with Crippen LogP contribution in [0.2, 0.25) is 0 Å². The summed E-state index contributed by atoms with van der Waals surface area (Å²) in [6.45, 7) is 11.2. The predicted molar refractivity (Wildman–Crippen MR) is 111 cm³/mol. The smallest absolute Gasteiger partial charge is 0.226 e. The summed E-state index contributed by atoms with van der Waals surface area (Å²) in [6, 6.07) is 8.16. The molecule has 1 aliphatic rings. The van der Waals surface area contributed by atoms with Gasteiger partial charge < -0.3 is 19.8 Å². The van der Waals surface area contributed by atoms with Gasteiger partial charge in [0.2, 0.25) is 5.89 Å². The first-order valence-corrected chi connectivity index (χ1v) is 10.1. The van der Waals surface area contributed by atoms with Gasteiger partial charge in [0, 0.05) is 31.7 Å². The van der Waals surface area contributed by atoms with Gasteiger partial charge in [-0.15, -0.1) is 0 Å². The molecule has 0 bridgehead atoms. The van der Waals surface area contributed by atoms with Crippen LogP contribution in [0.5, 0.6) is 0 Å². The summed E-state index contributed by atoms with van der Waals surface area (Å²) in [6.07, 6.45) is 2.76. The molecule has 1 saturated heterocycles. The van der Waals surface area contributed by atoms with Crippen molar-refractivity contribution in [1.29, 1.82) is 0 Å². The molecular formula is C21H31N5O2. The summed E-state index contributed by atoms with van der Waals surface area (Å²) in [7, 11) is 0. The van der Waals surface area contributed by atoms with Crippen LogP contribution in [0.3, 0.4) is 0 Å². The topological polar surface area (TPSA) is 74.9 Å². The van der Waals surface area contributed by atoms with E-state index in [0.29, 0.717) is 12.4 Å². The average Bonchev–Trinajstić information content (AvgIpc) is 3.19. The zero-order valence-electron chi connectivity index (χ0n) is 16.9. The first-order chi connectivity index (χ1) is 13.7. The van der Waals surface area contributed by atoms with Gasteiger partial charge in [0.25, 0.3) is 0 Å². The molecule has 0 spiro atoms. The number of aromatic nitrogens is 1. The Kier molecular flexibility index (Phi) is 7.87. The lowest BCUT2D eigenvalue weighted by Crippen LogP contribution is -2.40. The van der Waals surface area contributed by atoms with Crippen molar-refractivity contribution in [3.05, 3.63) is 41.8 Å². The highest BCUT2D eigenvalue weighted by Crippen LogP contribution is 2.19. The summed E-state index contributed by atoms with van der Waals surface area (Å²) in [5, 5.41) is 6.68. The standard InChI is InChI=1S/C21H31N5O2/c1-3-22-21(23-9-4-10-26-11-13-27-14-12-26)24-15-19-16-28-20(25-19)18-7-5-17(2)6-8-18/h5-8,16H,3-4,9-15H2,1-2H3,(H2,22,23,24). The second-order valence-corrected chi connectivity index (χ2v) is 6.94. The van der Waals surface area contributed by atoms with Crippen molar-refractivity contribution < 1.29 is 9.15 Å². The van der Waals surface area contributed by atoms with E-state index in [9.17, 15) is 0 Å². The van der Waals surface area contributed by atoms with Crippen LogP contribution in [0.25, 0.3) is 11.5 Å². The molecule has 1 fully saturated rings. The summed E-state index contributed by atoms with van der Waals surface area (Å²) in [4.78, 5) is 11.6. The zero-order chi connectivity index (χ0) is 19.6. The minimum absolute atomic E-state index is 0.480. The maximum Gasteiger partial charge on any atom is 0.226 e. The van der Waals surface area contributed by atoms with E-state index in [0.717, 1.165) is 69.6 Å². The number of aliphatic imine (C=N–C) groups is 1. The van der Waals surface area contributed by atoms with E-state index in [-0.39, 0.29) is 0 Å². The predicted octanol–water partition coefficient (Wildman–Crippen LogP) is 2.43. The fourth-order valence-corrected chi connectivity index (χ4v) is 3.04. The quantitative estimate of drug-likeness (QED) is 0.413. The van der Waals surface area contributed by atoms with Crippen molar-refractivity contribution in [2.24, 2.45) is 4.99 Å². The molecule has 0 radical (unpaired) electrons. The van der Waals surface area contributed by atoms with E-state index in [1.54, 1.807) is 6.26 Å². The summed E-state index contributed by atoms with van der Waals surface area (Å²) in [5.41, 5.74) is 3.02. The van der Waals surface area contributed by atoms with E-state index in [1.165, 1.54) is 5.56 Å². The lowest BCUT2D eigenvalue weighted by Gasteiger charge is -2.26. The Balaban J connectivity index is 1.47. The molecule has 1 aromatic heterocycles. The Labute approximate surface area is 167 Å². The van der Waals surface area contributed by atoms with E-state index in [2.05, 4.69) is 51.5 Å². The molecule has 2 heterocycles. The van der Waals surface area contributed by atoms with E-state index >= 15 is 0 Å². The monoisotopic (exact) mass is 385 g/mol. The van der Waals surface area contributed by atoms with Crippen LogP contribution in [0, 0.1) is 6.92 Å². The van der Waals surface area contributed by atoms with Gasteiger partial charge in [-0.1, -0.05) is 17.7 Å². The number of ether oxygens (including phenoxy) is 1. The van der Waals surface area contributed by atoms with Gasteiger partial charge in [-0.2, -0.15) is 0 Å². The molecule has 7 heteroatoms. The van der Waals surface area contributed by atoms with Crippen molar-refractivity contribution in [1.82, 2.24) is 20.5 Å².